The molecular weight excluding hydrogens is 216 g/mol. The number of hydrogen-bond donors (Lipinski definition) is 2. The van der Waals surface area contributed by atoms with Crippen molar-refractivity contribution in [1.82, 2.24) is 5.43 Å². The minimum atomic E-state index is -0.140. The van der Waals surface area contributed by atoms with Crippen LogP contribution in [0, 0.1) is 5.92 Å². The molecule has 4 heteroatoms. The number of rotatable bonds is 7. The smallest absolute Gasteiger partial charge is 0.0894 e. The van der Waals surface area contributed by atoms with E-state index in [2.05, 4.69) is 26.2 Å². The van der Waals surface area contributed by atoms with Crippen LogP contribution in [0.15, 0.2) is 0 Å². The Morgan fingerprint density at radius 3 is 2.24 bits per heavy atom. The van der Waals surface area contributed by atoms with Crippen molar-refractivity contribution in [2.75, 3.05) is 19.8 Å². The van der Waals surface area contributed by atoms with Crippen molar-refractivity contribution in [2.24, 2.45) is 11.8 Å². The van der Waals surface area contributed by atoms with Gasteiger partial charge in [-0.2, -0.15) is 0 Å². The molecule has 0 bridgehead atoms. The maximum Gasteiger partial charge on any atom is 0.0894 e. The van der Waals surface area contributed by atoms with Crippen LogP contribution < -0.4 is 11.3 Å². The molecule has 3 N–H and O–H groups in total. The predicted octanol–water partition coefficient (Wildman–Crippen LogP) is 1.84. The van der Waals surface area contributed by atoms with Crippen molar-refractivity contribution in [3.05, 3.63) is 0 Å². The van der Waals surface area contributed by atoms with Crippen molar-refractivity contribution in [2.45, 2.75) is 58.1 Å². The van der Waals surface area contributed by atoms with E-state index in [1.165, 1.54) is 0 Å². The van der Waals surface area contributed by atoms with Gasteiger partial charge in [-0.15, -0.1) is 0 Å². The average Bonchev–Trinajstić information content (AvgIpc) is 2.37. The molecule has 1 heterocycles. The minimum absolute atomic E-state index is 0.140. The summed E-state index contributed by atoms with van der Waals surface area (Å²) in [7, 11) is 0. The number of nitrogens with two attached hydrogens (primary N) is 1. The van der Waals surface area contributed by atoms with Gasteiger partial charge in [0.15, 0.2) is 0 Å². The molecule has 102 valence electrons. The first-order chi connectivity index (χ1) is 8.24. The molecule has 17 heavy (non-hydrogen) atoms. The first-order valence-corrected chi connectivity index (χ1v) is 6.91. The predicted molar refractivity (Wildman–Crippen MR) is 69.6 cm³/mol. The molecule has 0 aromatic carbocycles. The van der Waals surface area contributed by atoms with E-state index in [0.29, 0.717) is 5.92 Å². The van der Waals surface area contributed by atoms with Gasteiger partial charge in [0.1, 0.15) is 0 Å². The van der Waals surface area contributed by atoms with Crippen LogP contribution in [0.3, 0.4) is 0 Å². The second-order valence-electron chi connectivity index (χ2n) is 4.83. The van der Waals surface area contributed by atoms with Crippen molar-refractivity contribution in [1.29, 1.82) is 0 Å². The molecular formula is C13H28N2O2. The molecule has 0 amide bonds. The molecule has 0 spiro atoms. The number of hydrazine groups is 1. The fraction of sp³-hybridized carbons (Fsp3) is 1.00. The maximum absolute atomic E-state index is 6.09. The molecule has 0 saturated carbocycles. The van der Waals surface area contributed by atoms with Crippen LogP contribution in [0.25, 0.3) is 0 Å². The lowest BCUT2D eigenvalue weighted by molar-refractivity contribution is -0.136. The van der Waals surface area contributed by atoms with Gasteiger partial charge in [0.2, 0.25) is 0 Å². The highest BCUT2D eigenvalue weighted by molar-refractivity contribution is 4.97. The van der Waals surface area contributed by atoms with Gasteiger partial charge in [-0.1, -0.05) is 26.7 Å². The Morgan fingerprint density at radius 1 is 1.24 bits per heavy atom. The van der Waals surface area contributed by atoms with E-state index in [9.17, 15) is 0 Å². The summed E-state index contributed by atoms with van der Waals surface area (Å²) >= 11 is 0. The van der Waals surface area contributed by atoms with E-state index < -0.39 is 0 Å². The zero-order valence-corrected chi connectivity index (χ0v) is 11.5. The highest BCUT2D eigenvalue weighted by atomic mass is 16.5. The third-order valence-electron chi connectivity index (χ3n) is 4.04. The van der Waals surface area contributed by atoms with Crippen molar-refractivity contribution >= 4 is 0 Å². The highest BCUT2D eigenvalue weighted by Crippen LogP contribution is 2.34. The zero-order valence-electron chi connectivity index (χ0n) is 11.5. The van der Waals surface area contributed by atoms with Gasteiger partial charge < -0.3 is 9.47 Å². The summed E-state index contributed by atoms with van der Waals surface area (Å²) in [4.78, 5) is 0. The first kappa shape index (κ1) is 14.9. The second-order valence-corrected chi connectivity index (χ2v) is 4.83. The highest BCUT2D eigenvalue weighted by Gasteiger charge is 2.43. The lowest BCUT2D eigenvalue weighted by Crippen LogP contribution is -2.60. The molecule has 1 unspecified atom stereocenters. The maximum atomic E-state index is 6.09. The third-order valence-corrected chi connectivity index (χ3v) is 4.04. The van der Waals surface area contributed by atoms with Gasteiger partial charge in [0, 0.05) is 32.7 Å². The lowest BCUT2D eigenvalue weighted by Gasteiger charge is -2.45. The van der Waals surface area contributed by atoms with E-state index in [1.807, 2.05) is 0 Å². The van der Waals surface area contributed by atoms with Crippen molar-refractivity contribution < 1.29 is 9.47 Å². The van der Waals surface area contributed by atoms with E-state index in [0.717, 1.165) is 45.5 Å². The monoisotopic (exact) mass is 244 g/mol. The Kier molecular flexibility index (Phi) is 6.41. The van der Waals surface area contributed by atoms with Crippen LogP contribution in [0.5, 0.6) is 0 Å². The van der Waals surface area contributed by atoms with E-state index in [-0.39, 0.29) is 11.6 Å². The average molecular weight is 244 g/mol. The van der Waals surface area contributed by atoms with Gasteiger partial charge in [-0.3, -0.25) is 11.3 Å². The lowest BCUT2D eigenvalue weighted by atomic mass is 9.77. The molecule has 1 rings (SSSR count). The Balaban J connectivity index is 2.84. The zero-order chi connectivity index (χ0) is 12.7. The van der Waals surface area contributed by atoms with Crippen LogP contribution in [0.1, 0.15) is 46.5 Å². The largest absolute Gasteiger partial charge is 0.381 e. The minimum Gasteiger partial charge on any atom is -0.381 e. The van der Waals surface area contributed by atoms with Gasteiger partial charge in [-0.05, 0) is 12.8 Å². The Hall–Kier alpha value is -0.160. The normalized spacial score (nSPS) is 21.7. The molecule has 4 nitrogen and oxygen atoms in total. The fourth-order valence-electron chi connectivity index (χ4n) is 3.03. The number of nitrogens with one attached hydrogen (secondary N) is 1. The van der Waals surface area contributed by atoms with E-state index in [1.54, 1.807) is 0 Å². The number of hydrogen-bond acceptors (Lipinski definition) is 4. The third kappa shape index (κ3) is 3.41. The molecule has 1 atom stereocenters. The SMILES string of the molecule is CCOC1(C(NN)C(CC)CC)CCOCC1. The molecule has 1 aliphatic heterocycles. The van der Waals surface area contributed by atoms with Gasteiger partial charge >= 0.3 is 0 Å². The summed E-state index contributed by atoms with van der Waals surface area (Å²) in [5.74, 6) is 6.36. The Bertz CT molecular complexity index is 196. The van der Waals surface area contributed by atoms with Gasteiger partial charge in [-0.25, -0.2) is 0 Å². The van der Waals surface area contributed by atoms with Crippen LogP contribution in [-0.2, 0) is 9.47 Å². The van der Waals surface area contributed by atoms with Crippen molar-refractivity contribution in [3.8, 4) is 0 Å². The van der Waals surface area contributed by atoms with E-state index >= 15 is 0 Å². The summed E-state index contributed by atoms with van der Waals surface area (Å²) in [6, 6.07) is 0.223. The topological polar surface area (TPSA) is 56.5 Å². The summed E-state index contributed by atoms with van der Waals surface area (Å²) in [6.07, 6.45) is 4.13. The summed E-state index contributed by atoms with van der Waals surface area (Å²) in [5, 5.41) is 0. The van der Waals surface area contributed by atoms with Gasteiger partial charge in [0.25, 0.3) is 0 Å². The molecule has 1 saturated heterocycles. The molecule has 0 aromatic rings. The van der Waals surface area contributed by atoms with E-state index in [4.69, 9.17) is 15.3 Å². The van der Waals surface area contributed by atoms with Crippen LogP contribution in [-0.4, -0.2) is 31.5 Å². The Morgan fingerprint density at radius 2 is 1.82 bits per heavy atom. The second kappa shape index (κ2) is 7.31. The van der Waals surface area contributed by atoms with Crippen molar-refractivity contribution in [3.63, 3.8) is 0 Å². The number of ether oxygens (including phenoxy) is 2. The summed E-state index contributed by atoms with van der Waals surface area (Å²) in [6.45, 7) is 8.78. The molecule has 0 aromatic heterocycles. The van der Waals surface area contributed by atoms with Gasteiger partial charge in [0.05, 0.1) is 11.6 Å². The molecule has 0 aliphatic carbocycles. The quantitative estimate of drug-likeness (QED) is 0.530. The van der Waals surface area contributed by atoms with Crippen LogP contribution in [0.4, 0.5) is 0 Å². The molecule has 1 aliphatic rings. The Labute approximate surface area is 105 Å². The summed E-state index contributed by atoms with van der Waals surface area (Å²) in [5.41, 5.74) is 2.88. The fourth-order valence-corrected chi connectivity index (χ4v) is 3.03. The standard InChI is InChI=1S/C13H28N2O2/c1-4-11(5-2)12(15-14)13(17-6-3)7-9-16-10-8-13/h11-12,15H,4-10,14H2,1-3H3. The van der Waals surface area contributed by atoms with Crippen LogP contribution in [0.2, 0.25) is 0 Å². The first-order valence-electron chi connectivity index (χ1n) is 6.91. The van der Waals surface area contributed by atoms with Crippen LogP contribution >= 0.6 is 0 Å². The molecule has 1 fully saturated rings. The molecule has 0 radical (unpaired) electrons. The summed E-state index contributed by atoms with van der Waals surface area (Å²) < 4.78 is 11.5.